The maximum atomic E-state index is 13.1. The van der Waals surface area contributed by atoms with Crippen LogP contribution < -0.4 is 4.74 Å². The summed E-state index contributed by atoms with van der Waals surface area (Å²) in [5, 5.41) is 0. The SMILES string of the molecule is COc1ccncc1C(=O)C1CC2CCCC(C1)N2C(=O)OC(C)(C)C. The van der Waals surface area contributed by atoms with Crippen molar-refractivity contribution in [3.63, 3.8) is 0 Å². The smallest absolute Gasteiger partial charge is 0.410 e. The molecular formula is C20H28N2O4. The van der Waals surface area contributed by atoms with Gasteiger partial charge in [0.15, 0.2) is 5.78 Å². The lowest BCUT2D eigenvalue weighted by Crippen LogP contribution is -2.56. The Morgan fingerprint density at radius 1 is 1.19 bits per heavy atom. The number of hydrogen-bond acceptors (Lipinski definition) is 5. The third-order valence-corrected chi connectivity index (χ3v) is 5.22. The standard InChI is InChI=1S/C20H28N2O4/c1-20(2,3)26-19(24)22-14-6-5-7-15(22)11-13(10-14)18(23)16-12-21-9-8-17(16)25-4/h8-9,12-15H,5-7,10-11H2,1-4H3. The van der Waals surface area contributed by atoms with Crippen molar-refractivity contribution in [3.05, 3.63) is 24.0 Å². The molecule has 0 saturated carbocycles. The monoisotopic (exact) mass is 360 g/mol. The predicted molar refractivity (Wildman–Crippen MR) is 97.3 cm³/mol. The summed E-state index contributed by atoms with van der Waals surface area (Å²) in [6, 6.07) is 1.84. The van der Waals surface area contributed by atoms with Gasteiger partial charge in [0.05, 0.1) is 12.7 Å². The van der Waals surface area contributed by atoms with Crippen molar-refractivity contribution in [2.75, 3.05) is 7.11 Å². The number of ether oxygens (including phenoxy) is 2. The van der Waals surface area contributed by atoms with E-state index in [0.29, 0.717) is 24.2 Å². The first-order valence-corrected chi connectivity index (χ1v) is 9.33. The maximum absolute atomic E-state index is 13.1. The van der Waals surface area contributed by atoms with Gasteiger partial charge < -0.3 is 14.4 Å². The minimum absolute atomic E-state index is 0.0639. The quantitative estimate of drug-likeness (QED) is 0.766. The highest BCUT2D eigenvalue weighted by Crippen LogP contribution is 2.39. The van der Waals surface area contributed by atoms with Crippen LogP contribution in [0.25, 0.3) is 0 Å². The average molecular weight is 360 g/mol. The Morgan fingerprint density at radius 3 is 2.42 bits per heavy atom. The molecule has 0 aromatic carbocycles. The zero-order valence-corrected chi connectivity index (χ0v) is 16.0. The van der Waals surface area contributed by atoms with Crippen LogP contribution in [0, 0.1) is 5.92 Å². The van der Waals surface area contributed by atoms with E-state index in [2.05, 4.69) is 4.98 Å². The third kappa shape index (κ3) is 3.84. The number of piperidine rings is 2. The largest absolute Gasteiger partial charge is 0.496 e. The number of rotatable bonds is 3. The van der Waals surface area contributed by atoms with Gasteiger partial charge in [-0.15, -0.1) is 0 Å². The molecule has 1 aromatic rings. The molecule has 6 nitrogen and oxygen atoms in total. The first-order chi connectivity index (χ1) is 12.3. The highest BCUT2D eigenvalue weighted by molar-refractivity contribution is 6.00. The van der Waals surface area contributed by atoms with Gasteiger partial charge in [-0.1, -0.05) is 0 Å². The summed E-state index contributed by atoms with van der Waals surface area (Å²) in [6.07, 6.45) is 7.22. The van der Waals surface area contributed by atoms with E-state index in [0.717, 1.165) is 19.3 Å². The second-order valence-electron chi connectivity index (χ2n) is 8.23. The van der Waals surface area contributed by atoms with Crippen LogP contribution in [-0.4, -0.2) is 46.6 Å². The molecule has 2 aliphatic heterocycles. The number of carbonyl (C=O) groups is 2. The van der Waals surface area contributed by atoms with E-state index in [9.17, 15) is 9.59 Å². The van der Waals surface area contributed by atoms with Crippen LogP contribution in [0.1, 0.15) is 63.2 Å². The van der Waals surface area contributed by atoms with Crippen LogP contribution in [0.5, 0.6) is 5.75 Å². The van der Waals surface area contributed by atoms with Crippen LogP contribution >= 0.6 is 0 Å². The fourth-order valence-electron chi connectivity index (χ4n) is 4.17. The van der Waals surface area contributed by atoms with Crippen molar-refractivity contribution in [2.24, 2.45) is 5.92 Å². The molecule has 26 heavy (non-hydrogen) atoms. The molecule has 142 valence electrons. The number of amides is 1. The summed E-state index contributed by atoms with van der Waals surface area (Å²) in [4.78, 5) is 31.7. The first kappa shape index (κ1) is 18.7. The van der Waals surface area contributed by atoms with Crippen molar-refractivity contribution in [1.29, 1.82) is 0 Å². The number of nitrogens with zero attached hydrogens (tertiary/aromatic N) is 2. The fourth-order valence-corrected chi connectivity index (χ4v) is 4.17. The van der Waals surface area contributed by atoms with Crippen molar-refractivity contribution in [3.8, 4) is 5.75 Å². The number of aromatic nitrogens is 1. The molecule has 0 spiro atoms. The summed E-state index contributed by atoms with van der Waals surface area (Å²) >= 11 is 0. The molecule has 2 aliphatic rings. The van der Waals surface area contributed by atoms with Gasteiger partial charge in [-0.2, -0.15) is 0 Å². The van der Waals surface area contributed by atoms with Crippen molar-refractivity contribution in [1.82, 2.24) is 9.88 Å². The van der Waals surface area contributed by atoms with Crippen LogP contribution in [0.4, 0.5) is 4.79 Å². The lowest BCUT2D eigenvalue weighted by molar-refractivity contribution is -0.0261. The number of methoxy groups -OCH3 is 1. The molecule has 0 N–H and O–H groups in total. The summed E-state index contributed by atoms with van der Waals surface area (Å²) in [5.41, 5.74) is 0.0185. The van der Waals surface area contributed by atoms with Gasteiger partial charge in [-0.25, -0.2) is 4.79 Å². The Labute approximate surface area is 154 Å². The zero-order chi connectivity index (χ0) is 18.9. The molecule has 0 radical (unpaired) electrons. The average Bonchev–Trinajstić information content (AvgIpc) is 2.58. The number of carbonyl (C=O) groups excluding carboxylic acids is 2. The van der Waals surface area contributed by atoms with Crippen LogP contribution in [0.15, 0.2) is 18.5 Å². The van der Waals surface area contributed by atoms with Gasteiger partial charge in [-0.05, 0) is 58.9 Å². The molecule has 3 heterocycles. The summed E-state index contributed by atoms with van der Waals surface area (Å²) in [7, 11) is 1.56. The Kier molecular flexibility index (Phi) is 5.21. The van der Waals surface area contributed by atoms with Crippen LogP contribution in [0.3, 0.4) is 0 Å². The molecule has 2 unspecified atom stereocenters. The lowest BCUT2D eigenvalue weighted by Gasteiger charge is -2.48. The summed E-state index contributed by atoms with van der Waals surface area (Å²) in [5.74, 6) is 0.516. The molecule has 1 amide bonds. The van der Waals surface area contributed by atoms with E-state index in [1.165, 1.54) is 0 Å². The molecular weight excluding hydrogens is 332 g/mol. The van der Waals surface area contributed by atoms with Crippen molar-refractivity contribution in [2.45, 2.75) is 70.6 Å². The Morgan fingerprint density at radius 2 is 1.85 bits per heavy atom. The first-order valence-electron chi connectivity index (χ1n) is 9.33. The molecule has 2 atom stereocenters. The van der Waals surface area contributed by atoms with E-state index < -0.39 is 5.60 Å². The molecule has 2 bridgehead atoms. The number of Topliss-reactive ketones (excluding diaryl/α,β-unsaturated/α-hetero) is 1. The minimum Gasteiger partial charge on any atom is -0.496 e. The molecule has 3 rings (SSSR count). The Hall–Kier alpha value is -2.11. The third-order valence-electron chi connectivity index (χ3n) is 5.22. The fraction of sp³-hybridized carbons (Fsp3) is 0.650. The lowest BCUT2D eigenvalue weighted by atomic mass is 9.76. The van der Waals surface area contributed by atoms with E-state index >= 15 is 0 Å². The summed E-state index contributed by atoms with van der Waals surface area (Å²) < 4.78 is 10.9. The van der Waals surface area contributed by atoms with Gasteiger partial charge in [0, 0.05) is 30.4 Å². The highest BCUT2D eigenvalue weighted by Gasteiger charge is 2.44. The molecule has 0 aliphatic carbocycles. The van der Waals surface area contributed by atoms with Gasteiger partial charge in [0.2, 0.25) is 0 Å². The maximum Gasteiger partial charge on any atom is 0.410 e. The van der Waals surface area contributed by atoms with Crippen molar-refractivity contribution < 1.29 is 19.1 Å². The van der Waals surface area contributed by atoms with E-state index in [-0.39, 0.29) is 29.9 Å². The zero-order valence-electron chi connectivity index (χ0n) is 16.0. The molecule has 2 saturated heterocycles. The van der Waals surface area contributed by atoms with Gasteiger partial charge in [0.1, 0.15) is 11.4 Å². The number of pyridine rings is 1. The van der Waals surface area contributed by atoms with Gasteiger partial charge in [-0.3, -0.25) is 9.78 Å². The summed E-state index contributed by atoms with van der Waals surface area (Å²) in [6.45, 7) is 5.64. The second kappa shape index (κ2) is 7.25. The predicted octanol–water partition coefficient (Wildman–Crippen LogP) is 3.84. The highest BCUT2D eigenvalue weighted by atomic mass is 16.6. The number of hydrogen-bond donors (Lipinski definition) is 0. The number of fused-ring (bicyclic) bond motifs is 2. The minimum atomic E-state index is -0.513. The van der Waals surface area contributed by atoms with E-state index in [1.807, 2.05) is 25.7 Å². The van der Waals surface area contributed by atoms with Crippen molar-refractivity contribution >= 4 is 11.9 Å². The molecule has 1 aromatic heterocycles. The molecule has 2 fully saturated rings. The number of ketones is 1. The van der Waals surface area contributed by atoms with E-state index in [4.69, 9.17) is 9.47 Å². The second-order valence-corrected chi connectivity index (χ2v) is 8.23. The van der Waals surface area contributed by atoms with Crippen LogP contribution in [0.2, 0.25) is 0 Å². The Bertz CT molecular complexity index is 669. The molecule has 6 heteroatoms. The van der Waals surface area contributed by atoms with Crippen LogP contribution in [-0.2, 0) is 4.74 Å². The van der Waals surface area contributed by atoms with Gasteiger partial charge in [0.25, 0.3) is 0 Å². The Balaban J connectivity index is 1.77. The topological polar surface area (TPSA) is 68.7 Å². The van der Waals surface area contributed by atoms with E-state index in [1.54, 1.807) is 25.6 Å². The van der Waals surface area contributed by atoms with Gasteiger partial charge >= 0.3 is 6.09 Å². The normalized spacial score (nSPS) is 25.5.